The lowest BCUT2D eigenvalue weighted by molar-refractivity contribution is 0.204. The monoisotopic (exact) mass is 261 g/mol. The molecule has 0 aliphatic rings. The molecule has 1 unspecified atom stereocenters. The Hall–Kier alpha value is -1.06. The van der Waals surface area contributed by atoms with E-state index in [4.69, 9.17) is 0 Å². The number of benzene rings is 1. The summed E-state index contributed by atoms with van der Waals surface area (Å²) in [5.74, 6) is 2.50. The summed E-state index contributed by atoms with van der Waals surface area (Å²) in [6, 6.07) is 9.96. The summed E-state index contributed by atoms with van der Waals surface area (Å²) in [6.45, 7) is 4.39. The lowest BCUT2D eigenvalue weighted by Gasteiger charge is -2.12. The number of rotatable bonds is 5. The van der Waals surface area contributed by atoms with Crippen LogP contribution in [0, 0.1) is 5.92 Å². The Balaban J connectivity index is 2.06. The molecule has 1 aromatic carbocycles. The zero-order valence-corrected chi connectivity index (χ0v) is 11.7. The average Bonchev–Trinajstić information content (AvgIpc) is 2.37. The largest absolute Gasteiger partial charge is 0.388 e. The van der Waals surface area contributed by atoms with E-state index >= 15 is 0 Å². The second kappa shape index (κ2) is 6.21. The minimum Gasteiger partial charge on any atom is -0.388 e. The summed E-state index contributed by atoms with van der Waals surface area (Å²) >= 11 is 1.80. The zero-order chi connectivity index (χ0) is 13.0. The van der Waals surface area contributed by atoms with Crippen molar-refractivity contribution < 1.29 is 5.11 Å². The minimum atomic E-state index is -0.403. The highest BCUT2D eigenvalue weighted by Gasteiger charge is 2.09. The molecule has 1 N–H and O–H groups in total. The molecule has 0 aliphatic carbocycles. The summed E-state index contributed by atoms with van der Waals surface area (Å²) < 4.78 is 0. The predicted octanol–water partition coefficient (Wildman–Crippen LogP) is 3.66. The fourth-order valence-corrected chi connectivity index (χ4v) is 2.83. The van der Waals surface area contributed by atoms with Crippen LogP contribution < -0.4 is 0 Å². The van der Waals surface area contributed by atoms with Gasteiger partial charge in [0.05, 0.1) is 11.6 Å². The number of aromatic nitrogens is 1. The molecule has 18 heavy (non-hydrogen) atoms. The second-order valence-electron chi connectivity index (χ2n) is 4.90. The van der Waals surface area contributed by atoms with Crippen LogP contribution in [0.25, 0.3) is 10.9 Å². The number of fused-ring (bicyclic) bond motifs is 1. The summed E-state index contributed by atoms with van der Waals surface area (Å²) in [5.41, 5.74) is 1.90. The molecule has 0 fully saturated rings. The molecule has 0 aliphatic heterocycles. The van der Waals surface area contributed by atoms with Gasteiger partial charge in [0.25, 0.3) is 0 Å². The maximum Gasteiger partial charge on any atom is 0.0881 e. The van der Waals surface area contributed by atoms with Crippen LogP contribution in [0.3, 0.4) is 0 Å². The van der Waals surface area contributed by atoms with Gasteiger partial charge in [-0.25, -0.2) is 0 Å². The molecule has 1 heterocycles. The molecule has 0 saturated carbocycles. The highest BCUT2D eigenvalue weighted by Crippen LogP contribution is 2.22. The third-order valence-corrected chi connectivity index (χ3v) is 4.20. The van der Waals surface area contributed by atoms with Crippen molar-refractivity contribution in [2.45, 2.75) is 20.0 Å². The number of hydrogen-bond donors (Lipinski definition) is 1. The maximum absolute atomic E-state index is 10.1. The van der Waals surface area contributed by atoms with Crippen LogP contribution >= 0.6 is 11.8 Å². The Morgan fingerprint density at radius 1 is 1.22 bits per heavy atom. The van der Waals surface area contributed by atoms with E-state index in [2.05, 4.69) is 18.8 Å². The first-order valence-electron chi connectivity index (χ1n) is 6.27. The van der Waals surface area contributed by atoms with Crippen LogP contribution in [-0.2, 0) is 0 Å². The molecule has 0 amide bonds. The summed E-state index contributed by atoms with van der Waals surface area (Å²) in [4.78, 5) is 4.31. The van der Waals surface area contributed by atoms with Crippen LogP contribution in [0.1, 0.15) is 25.5 Å². The van der Waals surface area contributed by atoms with Gasteiger partial charge in [-0.1, -0.05) is 32.0 Å². The Bertz CT molecular complexity index is 513. The molecule has 0 spiro atoms. The van der Waals surface area contributed by atoms with Gasteiger partial charge in [0, 0.05) is 17.3 Å². The third kappa shape index (κ3) is 3.47. The van der Waals surface area contributed by atoms with Gasteiger partial charge in [0.1, 0.15) is 0 Å². The van der Waals surface area contributed by atoms with Gasteiger partial charge in [-0.3, -0.25) is 4.98 Å². The van der Waals surface area contributed by atoms with Crippen molar-refractivity contribution in [3.05, 3.63) is 42.1 Å². The fourth-order valence-electron chi connectivity index (χ4n) is 1.80. The first-order valence-corrected chi connectivity index (χ1v) is 7.43. The highest BCUT2D eigenvalue weighted by atomic mass is 32.2. The van der Waals surface area contributed by atoms with Gasteiger partial charge < -0.3 is 5.11 Å². The first kappa shape index (κ1) is 13.4. The fraction of sp³-hybridized carbons (Fsp3) is 0.400. The molecule has 96 valence electrons. The van der Waals surface area contributed by atoms with Crippen molar-refractivity contribution >= 4 is 22.7 Å². The number of hydrogen-bond acceptors (Lipinski definition) is 3. The SMILES string of the molecule is CC(C)CSCC(O)c1ccc2cccnc2c1. The van der Waals surface area contributed by atoms with Crippen molar-refractivity contribution in [2.24, 2.45) is 5.92 Å². The zero-order valence-electron chi connectivity index (χ0n) is 10.8. The quantitative estimate of drug-likeness (QED) is 0.891. The highest BCUT2D eigenvalue weighted by molar-refractivity contribution is 7.99. The van der Waals surface area contributed by atoms with Crippen molar-refractivity contribution in [3.8, 4) is 0 Å². The normalized spacial score (nSPS) is 13.1. The Kier molecular flexibility index (Phi) is 4.61. The van der Waals surface area contributed by atoms with E-state index in [0.29, 0.717) is 5.92 Å². The average molecular weight is 261 g/mol. The Morgan fingerprint density at radius 3 is 2.83 bits per heavy atom. The van der Waals surface area contributed by atoms with Crippen molar-refractivity contribution in [3.63, 3.8) is 0 Å². The molecule has 2 nitrogen and oxygen atoms in total. The van der Waals surface area contributed by atoms with Gasteiger partial charge in [-0.15, -0.1) is 0 Å². The molecule has 1 atom stereocenters. The molecular formula is C15H19NOS. The van der Waals surface area contributed by atoms with E-state index in [1.165, 1.54) is 0 Å². The topological polar surface area (TPSA) is 33.1 Å². The molecular weight excluding hydrogens is 242 g/mol. The predicted molar refractivity (Wildman–Crippen MR) is 78.9 cm³/mol. The Labute approximate surface area is 112 Å². The third-order valence-electron chi connectivity index (χ3n) is 2.74. The van der Waals surface area contributed by atoms with E-state index in [1.54, 1.807) is 18.0 Å². The van der Waals surface area contributed by atoms with E-state index in [0.717, 1.165) is 28.0 Å². The molecule has 0 radical (unpaired) electrons. The summed E-state index contributed by atoms with van der Waals surface area (Å²) in [7, 11) is 0. The summed E-state index contributed by atoms with van der Waals surface area (Å²) in [5, 5.41) is 11.3. The number of nitrogens with zero attached hydrogens (tertiary/aromatic N) is 1. The second-order valence-corrected chi connectivity index (χ2v) is 5.98. The smallest absolute Gasteiger partial charge is 0.0881 e. The van der Waals surface area contributed by atoms with E-state index in [9.17, 15) is 5.11 Å². The minimum absolute atomic E-state index is 0.403. The number of pyridine rings is 1. The van der Waals surface area contributed by atoms with Crippen molar-refractivity contribution in [2.75, 3.05) is 11.5 Å². The van der Waals surface area contributed by atoms with Crippen molar-refractivity contribution in [1.82, 2.24) is 4.98 Å². The number of aliphatic hydroxyl groups is 1. The number of thioether (sulfide) groups is 1. The van der Waals surface area contributed by atoms with Gasteiger partial charge in [0.2, 0.25) is 0 Å². The summed E-state index contributed by atoms with van der Waals surface area (Å²) in [6.07, 6.45) is 1.38. The molecule has 0 saturated heterocycles. The number of aliphatic hydroxyl groups excluding tert-OH is 1. The molecule has 3 heteroatoms. The molecule has 2 rings (SSSR count). The van der Waals surface area contributed by atoms with Gasteiger partial charge in [-0.2, -0.15) is 11.8 Å². The van der Waals surface area contributed by atoms with E-state index in [1.807, 2.05) is 30.3 Å². The van der Waals surface area contributed by atoms with Crippen LogP contribution in [0.4, 0.5) is 0 Å². The lowest BCUT2D eigenvalue weighted by Crippen LogP contribution is -2.03. The van der Waals surface area contributed by atoms with Gasteiger partial charge in [-0.05, 0) is 29.4 Å². The van der Waals surface area contributed by atoms with Gasteiger partial charge in [0.15, 0.2) is 0 Å². The first-order chi connectivity index (χ1) is 8.66. The standard InChI is InChI=1S/C15H19NOS/c1-11(2)9-18-10-15(17)13-6-5-12-4-3-7-16-14(12)8-13/h3-8,11,15,17H,9-10H2,1-2H3. The van der Waals surface area contributed by atoms with Crippen LogP contribution in [0.15, 0.2) is 36.5 Å². The van der Waals surface area contributed by atoms with Crippen molar-refractivity contribution in [1.29, 1.82) is 0 Å². The van der Waals surface area contributed by atoms with Crippen LogP contribution in [-0.4, -0.2) is 21.6 Å². The maximum atomic E-state index is 10.1. The van der Waals surface area contributed by atoms with E-state index < -0.39 is 6.10 Å². The van der Waals surface area contributed by atoms with Gasteiger partial charge >= 0.3 is 0 Å². The van der Waals surface area contributed by atoms with E-state index in [-0.39, 0.29) is 0 Å². The van der Waals surface area contributed by atoms with Crippen LogP contribution in [0.5, 0.6) is 0 Å². The molecule has 2 aromatic rings. The molecule has 0 bridgehead atoms. The Morgan fingerprint density at radius 2 is 2.06 bits per heavy atom. The molecule has 1 aromatic heterocycles. The van der Waals surface area contributed by atoms with Crippen LogP contribution in [0.2, 0.25) is 0 Å². The lowest BCUT2D eigenvalue weighted by atomic mass is 10.1.